The van der Waals surface area contributed by atoms with E-state index in [4.69, 9.17) is 4.98 Å². The zero-order valence-corrected chi connectivity index (χ0v) is 17.1. The van der Waals surface area contributed by atoms with E-state index in [2.05, 4.69) is 36.0 Å². The molecule has 0 spiro atoms. The molecule has 0 unspecified atom stereocenters. The number of thiazole rings is 1. The molecule has 1 aromatic carbocycles. The standard InChI is InChI=1S/C20H25N5OS/c1-5-25-17(12-15(4)22-25)19(26)23-6-8-24(9-7-23)20-21-16-11-13(2)10-14(3)18(16)27-20/h10-12H,5-9H2,1-4H3. The number of piperazine rings is 1. The molecular weight excluding hydrogens is 358 g/mol. The zero-order chi connectivity index (χ0) is 19.1. The van der Waals surface area contributed by atoms with Gasteiger partial charge in [0.2, 0.25) is 0 Å². The topological polar surface area (TPSA) is 54.3 Å². The van der Waals surface area contributed by atoms with Gasteiger partial charge in [0.15, 0.2) is 5.13 Å². The minimum Gasteiger partial charge on any atom is -0.345 e. The lowest BCUT2D eigenvalue weighted by Crippen LogP contribution is -2.49. The van der Waals surface area contributed by atoms with E-state index in [0.29, 0.717) is 25.3 Å². The number of rotatable bonds is 3. The summed E-state index contributed by atoms with van der Waals surface area (Å²) >= 11 is 1.75. The van der Waals surface area contributed by atoms with Crippen molar-refractivity contribution in [3.05, 3.63) is 40.7 Å². The molecule has 3 heterocycles. The first-order valence-electron chi connectivity index (χ1n) is 9.42. The highest BCUT2D eigenvalue weighted by Crippen LogP contribution is 2.32. The first-order chi connectivity index (χ1) is 13.0. The number of anilines is 1. The quantitative estimate of drug-likeness (QED) is 0.696. The molecule has 3 aromatic rings. The maximum atomic E-state index is 12.9. The number of carbonyl (C=O) groups is 1. The normalized spacial score (nSPS) is 15.0. The molecule has 27 heavy (non-hydrogen) atoms. The SMILES string of the molecule is CCn1nc(C)cc1C(=O)N1CCN(c2nc3cc(C)cc(C)c3s2)CC1. The minimum absolute atomic E-state index is 0.0767. The van der Waals surface area contributed by atoms with Gasteiger partial charge >= 0.3 is 0 Å². The average Bonchev–Trinajstić information content (AvgIpc) is 3.24. The van der Waals surface area contributed by atoms with Crippen LogP contribution in [0.3, 0.4) is 0 Å². The van der Waals surface area contributed by atoms with Crippen LogP contribution in [0.25, 0.3) is 10.2 Å². The van der Waals surface area contributed by atoms with Crippen LogP contribution in [0.2, 0.25) is 0 Å². The van der Waals surface area contributed by atoms with Crippen molar-refractivity contribution in [3.8, 4) is 0 Å². The molecule has 1 aliphatic rings. The zero-order valence-electron chi connectivity index (χ0n) is 16.3. The van der Waals surface area contributed by atoms with Crippen LogP contribution in [0.4, 0.5) is 5.13 Å². The van der Waals surface area contributed by atoms with Crippen molar-refractivity contribution in [2.24, 2.45) is 0 Å². The van der Waals surface area contributed by atoms with Crippen LogP contribution >= 0.6 is 11.3 Å². The Morgan fingerprint density at radius 3 is 2.56 bits per heavy atom. The Morgan fingerprint density at radius 2 is 1.85 bits per heavy atom. The van der Waals surface area contributed by atoms with E-state index < -0.39 is 0 Å². The van der Waals surface area contributed by atoms with E-state index >= 15 is 0 Å². The highest BCUT2D eigenvalue weighted by Gasteiger charge is 2.26. The lowest BCUT2D eigenvalue weighted by atomic mass is 10.1. The van der Waals surface area contributed by atoms with E-state index in [1.807, 2.05) is 24.8 Å². The van der Waals surface area contributed by atoms with Gasteiger partial charge in [-0.05, 0) is 51.0 Å². The highest BCUT2D eigenvalue weighted by atomic mass is 32.1. The molecule has 6 nitrogen and oxygen atoms in total. The van der Waals surface area contributed by atoms with Crippen molar-refractivity contribution in [2.45, 2.75) is 34.2 Å². The number of aromatic nitrogens is 3. The number of hydrogen-bond donors (Lipinski definition) is 0. The van der Waals surface area contributed by atoms with E-state index in [9.17, 15) is 4.79 Å². The molecule has 0 bridgehead atoms. The third kappa shape index (κ3) is 3.32. The maximum absolute atomic E-state index is 12.9. The predicted octanol–water partition coefficient (Wildman–Crippen LogP) is 3.40. The summed E-state index contributed by atoms with van der Waals surface area (Å²) in [5, 5.41) is 5.45. The van der Waals surface area contributed by atoms with Crippen molar-refractivity contribution >= 4 is 32.6 Å². The van der Waals surface area contributed by atoms with Crippen LogP contribution in [-0.4, -0.2) is 51.8 Å². The van der Waals surface area contributed by atoms with Gasteiger partial charge in [-0.3, -0.25) is 9.48 Å². The minimum atomic E-state index is 0.0767. The van der Waals surface area contributed by atoms with Gasteiger partial charge in [0, 0.05) is 32.7 Å². The summed E-state index contributed by atoms with van der Waals surface area (Å²) in [6.07, 6.45) is 0. The number of fused-ring (bicyclic) bond motifs is 1. The van der Waals surface area contributed by atoms with Gasteiger partial charge in [-0.2, -0.15) is 5.10 Å². The fourth-order valence-electron chi connectivity index (χ4n) is 3.72. The van der Waals surface area contributed by atoms with Gasteiger partial charge in [-0.25, -0.2) is 4.98 Å². The Bertz CT molecular complexity index is 997. The Morgan fingerprint density at radius 1 is 1.11 bits per heavy atom. The predicted molar refractivity (Wildman–Crippen MR) is 110 cm³/mol. The van der Waals surface area contributed by atoms with Gasteiger partial charge in [-0.1, -0.05) is 17.4 Å². The number of carbonyl (C=O) groups excluding carboxylic acids is 1. The van der Waals surface area contributed by atoms with Crippen LogP contribution in [0.1, 0.15) is 34.2 Å². The van der Waals surface area contributed by atoms with Gasteiger partial charge in [0.05, 0.1) is 15.9 Å². The Kier molecular flexibility index (Phi) is 4.63. The fourth-order valence-corrected chi connectivity index (χ4v) is 4.79. The Hall–Kier alpha value is -2.41. The van der Waals surface area contributed by atoms with Crippen molar-refractivity contribution in [1.29, 1.82) is 0 Å². The van der Waals surface area contributed by atoms with Gasteiger partial charge in [0.1, 0.15) is 5.69 Å². The van der Waals surface area contributed by atoms with Gasteiger partial charge in [0.25, 0.3) is 5.91 Å². The monoisotopic (exact) mass is 383 g/mol. The summed E-state index contributed by atoms with van der Waals surface area (Å²) in [5.74, 6) is 0.0767. The molecule has 2 aromatic heterocycles. The third-order valence-electron chi connectivity index (χ3n) is 5.07. The molecule has 0 aliphatic carbocycles. The van der Waals surface area contributed by atoms with Crippen molar-refractivity contribution < 1.29 is 4.79 Å². The number of benzene rings is 1. The average molecular weight is 384 g/mol. The molecule has 1 saturated heterocycles. The summed E-state index contributed by atoms with van der Waals surface area (Å²) < 4.78 is 3.05. The van der Waals surface area contributed by atoms with Crippen molar-refractivity contribution in [2.75, 3.05) is 31.1 Å². The van der Waals surface area contributed by atoms with Gasteiger partial charge in [-0.15, -0.1) is 0 Å². The van der Waals surface area contributed by atoms with E-state index in [1.165, 1.54) is 15.8 Å². The molecule has 7 heteroatoms. The van der Waals surface area contributed by atoms with Crippen LogP contribution < -0.4 is 4.90 Å². The second-order valence-corrected chi connectivity index (χ2v) is 8.17. The van der Waals surface area contributed by atoms with Crippen LogP contribution in [0.15, 0.2) is 18.2 Å². The molecule has 1 aliphatic heterocycles. The lowest BCUT2D eigenvalue weighted by Gasteiger charge is -2.34. The molecule has 0 N–H and O–H groups in total. The highest BCUT2D eigenvalue weighted by molar-refractivity contribution is 7.22. The van der Waals surface area contributed by atoms with Crippen LogP contribution in [0.5, 0.6) is 0 Å². The third-order valence-corrected chi connectivity index (χ3v) is 6.33. The summed E-state index contributed by atoms with van der Waals surface area (Å²) in [6.45, 7) is 11.9. The van der Waals surface area contributed by atoms with Crippen molar-refractivity contribution in [3.63, 3.8) is 0 Å². The number of nitrogens with zero attached hydrogens (tertiary/aromatic N) is 5. The molecule has 1 fully saturated rings. The number of amides is 1. The summed E-state index contributed by atoms with van der Waals surface area (Å²) in [5.41, 5.74) is 5.18. The Labute approximate surface area is 163 Å². The first kappa shape index (κ1) is 18.0. The second-order valence-electron chi connectivity index (χ2n) is 7.19. The van der Waals surface area contributed by atoms with Crippen LogP contribution in [0, 0.1) is 20.8 Å². The number of hydrogen-bond acceptors (Lipinski definition) is 5. The molecular formula is C20H25N5OS. The fraction of sp³-hybridized carbons (Fsp3) is 0.450. The Balaban J connectivity index is 1.49. The molecule has 0 saturated carbocycles. The smallest absolute Gasteiger partial charge is 0.272 e. The van der Waals surface area contributed by atoms with E-state index in [0.717, 1.165) is 29.4 Å². The molecule has 1 amide bonds. The van der Waals surface area contributed by atoms with Crippen LogP contribution in [-0.2, 0) is 6.54 Å². The first-order valence-corrected chi connectivity index (χ1v) is 10.2. The summed E-state index contributed by atoms with van der Waals surface area (Å²) in [6, 6.07) is 6.24. The van der Waals surface area contributed by atoms with Gasteiger partial charge < -0.3 is 9.80 Å². The second kappa shape index (κ2) is 6.96. The maximum Gasteiger partial charge on any atom is 0.272 e. The largest absolute Gasteiger partial charge is 0.345 e. The molecule has 0 radical (unpaired) electrons. The summed E-state index contributed by atoms with van der Waals surface area (Å²) in [4.78, 5) is 22.0. The number of aryl methyl sites for hydroxylation is 4. The van der Waals surface area contributed by atoms with Crippen molar-refractivity contribution in [1.82, 2.24) is 19.7 Å². The van der Waals surface area contributed by atoms with E-state index in [-0.39, 0.29) is 5.91 Å². The molecule has 142 valence electrons. The van der Waals surface area contributed by atoms with E-state index in [1.54, 1.807) is 16.0 Å². The lowest BCUT2D eigenvalue weighted by molar-refractivity contribution is 0.0734. The summed E-state index contributed by atoms with van der Waals surface area (Å²) in [7, 11) is 0. The molecule has 4 rings (SSSR count). The molecule has 0 atom stereocenters.